The van der Waals surface area contributed by atoms with Crippen LogP contribution in [0.15, 0.2) is 78.9 Å². The number of aliphatic carboxylic acids is 1. The number of benzene rings is 3. The van der Waals surface area contributed by atoms with Crippen molar-refractivity contribution in [1.29, 1.82) is 0 Å². The highest BCUT2D eigenvalue weighted by molar-refractivity contribution is 5.72. The monoisotopic (exact) mass is 432 g/mol. The molecule has 4 rings (SSSR count). The highest BCUT2D eigenvalue weighted by Crippen LogP contribution is 2.29. The number of carbonyl (C=O) groups is 1. The van der Waals surface area contributed by atoms with Crippen molar-refractivity contribution in [3.05, 3.63) is 84.4 Å². The molecule has 1 N–H and O–H groups in total. The van der Waals surface area contributed by atoms with Gasteiger partial charge in [-0.05, 0) is 53.8 Å². The van der Waals surface area contributed by atoms with E-state index < -0.39 is 12.1 Å². The summed E-state index contributed by atoms with van der Waals surface area (Å²) in [7, 11) is 1.41. The second-order valence-corrected chi connectivity index (χ2v) is 8.09. The molecule has 0 aromatic heterocycles. The van der Waals surface area contributed by atoms with E-state index in [-0.39, 0.29) is 12.2 Å². The molecule has 1 aliphatic carbocycles. The Bertz CT molecular complexity index is 998. The van der Waals surface area contributed by atoms with E-state index in [1.54, 1.807) is 0 Å². The van der Waals surface area contributed by atoms with Crippen molar-refractivity contribution in [2.24, 2.45) is 0 Å². The largest absolute Gasteiger partial charge is 0.490 e. The van der Waals surface area contributed by atoms with E-state index in [1.165, 1.54) is 18.2 Å². The number of carboxylic acids is 1. The Balaban J connectivity index is 1.27. The standard InChI is InChI=1S/C27H28O5/c1-30-26(27(28)29)17-19-7-11-22(12-8-19)31-24-15-16-25(18-24)32-23-13-9-21(10-14-23)20-5-3-2-4-6-20/h2-14,24-26H,15-18H2,1H3,(H,28,29)/t24-,25+,26+/m1/s1. The molecule has 1 saturated carbocycles. The van der Waals surface area contributed by atoms with Gasteiger partial charge in [-0.1, -0.05) is 54.6 Å². The van der Waals surface area contributed by atoms with Crippen LogP contribution in [0.4, 0.5) is 0 Å². The summed E-state index contributed by atoms with van der Waals surface area (Å²) in [6, 6.07) is 26.1. The molecule has 166 valence electrons. The highest BCUT2D eigenvalue weighted by atomic mass is 16.5. The van der Waals surface area contributed by atoms with Gasteiger partial charge in [0.05, 0.1) is 0 Å². The Morgan fingerprint density at radius 1 is 0.844 bits per heavy atom. The first-order chi connectivity index (χ1) is 15.6. The third kappa shape index (κ3) is 5.68. The molecule has 1 aliphatic rings. The summed E-state index contributed by atoms with van der Waals surface area (Å²) in [6.07, 6.45) is 2.48. The number of rotatable bonds is 9. The highest BCUT2D eigenvalue weighted by Gasteiger charge is 2.27. The third-order valence-corrected chi connectivity index (χ3v) is 5.81. The minimum absolute atomic E-state index is 0.111. The second-order valence-electron chi connectivity index (χ2n) is 8.09. The molecule has 3 aromatic rings. The average Bonchev–Trinajstić information content (AvgIpc) is 3.26. The molecule has 1 fully saturated rings. The van der Waals surface area contributed by atoms with E-state index >= 15 is 0 Å². The van der Waals surface area contributed by atoms with Gasteiger partial charge in [-0.2, -0.15) is 0 Å². The lowest BCUT2D eigenvalue weighted by Gasteiger charge is -2.16. The van der Waals surface area contributed by atoms with Gasteiger partial charge in [0.15, 0.2) is 6.10 Å². The average molecular weight is 433 g/mol. The number of ether oxygens (including phenoxy) is 3. The van der Waals surface area contributed by atoms with Crippen LogP contribution in [0.5, 0.6) is 11.5 Å². The minimum atomic E-state index is -0.959. The fourth-order valence-electron chi connectivity index (χ4n) is 4.05. The lowest BCUT2D eigenvalue weighted by molar-refractivity contribution is -0.148. The number of methoxy groups -OCH3 is 1. The first kappa shape index (κ1) is 21.9. The topological polar surface area (TPSA) is 65.0 Å². The first-order valence-electron chi connectivity index (χ1n) is 10.9. The van der Waals surface area contributed by atoms with E-state index in [0.29, 0.717) is 6.42 Å². The molecule has 5 heteroatoms. The fourth-order valence-corrected chi connectivity index (χ4v) is 4.05. The normalized spacial score (nSPS) is 18.8. The van der Waals surface area contributed by atoms with Gasteiger partial charge in [0, 0.05) is 20.0 Å². The van der Waals surface area contributed by atoms with Crippen molar-refractivity contribution in [2.45, 2.75) is 44.0 Å². The molecule has 32 heavy (non-hydrogen) atoms. The molecular formula is C27H28O5. The minimum Gasteiger partial charge on any atom is -0.490 e. The Kier molecular flexibility index (Phi) is 7.07. The zero-order chi connectivity index (χ0) is 22.3. The van der Waals surface area contributed by atoms with E-state index in [2.05, 4.69) is 24.3 Å². The van der Waals surface area contributed by atoms with Gasteiger partial charge in [0.2, 0.25) is 0 Å². The zero-order valence-corrected chi connectivity index (χ0v) is 18.1. The van der Waals surface area contributed by atoms with Crippen molar-refractivity contribution in [3.8, 4) is 22.6 Å². The van der Waals surface area contributed by atoms with Crippen LogP contribution in [0.1, 0.15) is 24.8 Å². The van der Waals surface area contributed by atoms with Gasteiger partial charge >= 0.3 is 5.97 Å². The van der Waals surface area contributed by atoms with Crippen LogP contribution in [0.2, 0.25) is 0 Å². The van der Waals surface area contributed by atoms with Crippen LogP contribution >= 0.6 is 0 Å². The maximum absolute atomic E-state index is 11.1. The molecule has 3 aromatic carbocycles. The molecule has 0 saturated heterocycles. The molecular weight excluding hydrogens is 404 g/mol. The van der Waals surface area contributed by atoms with Crippen LogP contribution in [-0.2, 0) is 16.0 Å². The molecule has 3 atom stereocenters. The van der Waals surface area contributed by atoms with Gasteiger partial charge in [0.25, 0.3) is 0 Å². The summed E-state index contributed by atoms with van der Waals surface area (Å²) in [5.74, 6) is 0.709. The maximum atomic E-state index is 11.1. The zero-order valence-electron chi connectivity index (χ0n) is 18.1. The van der Waals surface area contributed by atoms with Crippen molar-refractivity contribution < 1.29 is 24.1 Å². The lowest BCUT2D eigenvalue weighted by atomic mass is 10.1. The number of carboxylic acid groups (broad SMARTS) is 1. The molecule has 0 unspecified atom stereocenters. The van der Waals surface area contributed by atoms with Crippen LogP contribution in [-0.4, -0.2) is 36.5 Å². The van der Waals surface area contributed by atoms with Crippen molar-refractivity contribution in [2.75, 3.05) is 7.11 Å². The quantitative estimate of drug-likeness (QED) is 0.492. The van der Waals surface area contributed by atoms with Crippen molar-refractivity contribution in [1.82, 2.24) is 0 Å². The summed E-state index contributed by atoms with van der Waals surface area (Å²) in [5.41, 5.74) is 3.27. The van der Waals surface area contributed by atoms with Gasteiger partial charge in [-0.3, -0.25) is 0 Å². The van der Waals surface area contributed by atoms with Crippen molar-refractivity contribution >= 4 is 5.97 Å². The van der Waals surface area contributed by atoms with Crippen LogP contribution in [0.3, 0.4) is 0 Å². The van der Waals surface area contributed by atoms with Crippen LogP contribution < -0.4 is 9.47 Å². The predicted octanol–water partition coefficient (Wildman–Crippen LogP) is 5.37. The summed E-state index contributed by atoms with van der Waals surface area (Å²) < 4.78 is 17.3. The molecule has 0 amide bonds. The van der Waals surface area contributed by atoms with Gasteiger partial charge in [-0.25, -0.2) is 4.79 Å². The number of hydrogen-bond donors (Lipinski definition) is 1. The number of hydrogen-bond acceptors (Lipinski definition) is 4. The van der Waals surface area contributed by atoms with E-state index in [4.69, 9.17) is 19.3 Å². The molecule has 0 spiro atoms. The van der Waals surface area contributed by atoms with Crippen LogP contribution in [0.25, 0.3) is 11.1 Å². The van der Waals surface area contributed by atoms with Gasteiger partial charge < -0.3 is 19.3 Å². The van der Waals surface area contributed by atoms with Crippen LogP contribution in [0, 0.1) is 0 Å². The molecule has 0 aliphatic heterocycles. The summed E-state index contributed by atoms with van der Waals surface area (Å²) >= 11 is 0. The molecule has 5 nitrogen and oxygen atoms in total. The van der Waals surface area contributed by atoms with Crippen molar-refractivity contribution in [3.63, 3.8) is 0 Å². The Hall–Kier alpha value is -3.31. The molecule has 0 heterocycles. The SMILES string of the molecule is CO[C@@H](Cc1ccc(O[C@@H]2CC[C@H](Oc3ccc(-c4ccccc4)cc3)C2)cc1)C(=O)O. The van der Waals surface area contributed by atoms with E-state index in [0.717, 1.165) is 36.3 Å². The first-order valence-corrected chi connectivity index (χ1v) is 10.9. The predicted molar refractivity (Wildman–Crippen MR) is 123 cm³/mol. The second kappa shape index (κ2) is 10.3. The van der Waals surface area contributed by atoms with Gasteiger partial charge in [0.1, 0.15) is 23.7 Å². The van der Waals surface area contributed by atoms with E-state index in [1.807, 2.05) is 54.6 Å². The van der Waals surface area contributed by atoms with E-state index in [9.17, 15) is 4.79 Å². The summed E-state index contributed by atoms with van der Waals surface area (Å²) in [4.78, 5) is 11.1. The Labute approximate surface area is 188 Å². The van der Waals surface area contributed by atoms with Gasteiger partial charge in [-0.15, -0.1) is 0 Å². The maximum Gasteiger partial charge on any atom is 0.333 e. The Morgan fingerprint density at radius 3 is 1.91 bits per heavy atom. The fraction of sp³-hybridized carbons (Fsp3) is 0.296. The molecule has 0 bridgehead atoms. The summed E-state index contributed by atoms with van der Waals surface area (Å²) in [5, 5.41) is 9.11. The molecule has 0 radical (unpaired) electrons. The lowest BCUT2D eigenvalue weighted by Crippen LogP contribution is -2.24. The third-order valence-electron chi connectivity index (χ3n) is 5.81. The summed E-state index contributed by atoms with van der Waals surface area (Å²) in [6.45, 7) is 0. The smallest absolute Gasteiger partial charge is 0.333 e. The Morgan fingerprint density at radius 2 is 1.38 bits per heavy atom.